The molecule has 0 nitrogen and oxygen atoms in total. The summed E-state index contributed by atoms with van der Waals surface area (Å²) in [4.78, 5) is 0. The Bertz CT molecular complexity index is 631. The minimum absolute atomic E-state index is 0.217. The summed E-state index contributed by atoms with van der Waals surface area (Å²) in [5, 5.41) is 0.217. The third kappa shape index (κ3) is 1.95. The van der Waals surface area contributed by atoms with E-state index in [1.165, 1.54) is 17.5 Å². The van der Waals surface area contributed by atoms with Crippen LogP contribution < -0.4 is 0 Å². The van der Waals surface area contributed by atoms with Crippen molar-refractivity contribution in [3.05, 3.63) is 72.3 Å². The molecule has 0 atom stereocenters. The van der Waals surface area contributed by atoms with Gasteiger partial charge in [-0.3, -0.25) is 0 Å². The van der Waals surface area contributed by atoms with Crippen LogP contribution in [-0.2, 0) is 5.04 Å². The maximum Gasteiger partial charge on any atom is 0.0613 e. The fourth-order valence-corrected chi connectivity index (χ4v) is 7.04. The van der Waals surface area contributed by atoms with Crippen molar-refractivity contribution in [3.63, 3.8) is 0 Å². The van der Waals surface area contributed by atoms with Crippen LogP contribution in [0.5, 0.6) is 0 Å². The van der Waals surface area contributed by atoms with Crippen molar-refractivity contribution in [2.75, 3.05) is 0 Å². The molecule has 21 heavy (non-hydrogen) atoms. The highest BCUT2D eigenvalue weighted by atomic mass is 28.3. The van der Waals surface area contributed by atoms with Crippen LogP contribution in [0, 0.1) is 0 Å². The number of benzene rings is 2. The van der Waals surface area contributed by atoms with Crippen LogP contribution >= 0.6 is 0 Å². The van der Waals surface area contributed by atoms with Crippen LogP contribution in [0.3, 0.4) is 0 Å². The second-order valence-electron chi connectivity index (χ2n) is 7.07. The van der Waals surface area contributed by atoms with Crippen molar-refractivity contribution in [3.8, 4) is 11.1 Å². The first-order chi connectivity index (χ1) is 10.0. The van der Waals surface area contributed by atoms with Crippen molar-refractivity contribution in [2.24, 2.45) is 0 Å². The van der Waals surface area contributed by atoms with Gasteiger partial charge in [0.1, 0.15) is 0 Å². The third-order valence-electron chi connectivity index (χ3n) is 5.07. The lowest BCUT2D eigenvalue weighted by molar-refractivity contribution is 0.641. The van der Waals surface area contributed by atoms with E-state index in [1.54, 1.807) is 11.1 Å². The van der Waals surface area contributed by atoms with E-state index in [4.69, 9.17) is 0 Å². The highest BCUT2D eigenvalue weighted by Gasteiger charge is 2.50. The van der Waals surface area contributed by atoms with E-state index in [2.05, 4.69) is 80.8 Å². The molecule has 3 rings (SSSR count). The van der Waals surface area contributed by atoms with E-state index in [0.717, 1.165) is 6.42 Å². The van der Waals surface area contributed by atoms with E-state index >= 15 is 0 Å². The maximum atomic E-state index is 3.96. The molecule has 1 aliphatic carbocycles. The zero-order chi connectivity index (χ0) is 15.1. The molecule has 0 bridgehead atoms. The molecule has 0 spiro atoms. The summed E-state index contributed by atoms with van der Waals surface area (Å²) in [5.74, 6) is 0. The lowest BCUT2D eigenvalue weighted by atomic mass is 9.90. The minimum atomic E-state index is -1.46. The van der Waals surface area contributed by atoms with Crippen LogP contribution in [0.1, 0.15) is 24.0 Å². The first-order valence-electron chi connectivity index (χ1n) is 7.82. The minimum Gasteiger partial charge on any atom is -0.103 e. The van der Waals surface area contributed by atoms with Gasteiger partial charge in [0.05, 0.1) is 8.07 Å². The van der Waals surface area contributed by atoms with Gasteiger partial charge in [0, 0.05) is 5.04 Å². The molecule has 0 fully saturated rings. The van der Waals surface area contributed by atoms with Crippen molar-refractivity contribution in [1.82, 2.24) is 0 Å². The largest absolute Gasteiger partial charge is 0.103 e. The van der Waals surface area contributed by atoms with Crippen molar-refractivity contribution < 1.29 is 0 Å². The van der Waals surface area contributed by atoms with Gasteiger partial charge >= 0.3 is 0 Å². The second kappa shape index (κ2) is 4.99. The molecule has 0 radical (unpaired) electrons. The summed E-state index contributed by atoms with van der Waals surface area (Å²) in [6.45, 7) is 11.5. The van der Waals surface area contributed by atoms with Gasteiger partial charge in [0.15, 0.2) is 0 Å². The van der Waals surface area contributed by atoms with Gasteiger partial charge < -0.3 is 0 Å². The quantitative estimate of drug-likeness (QED) is 0.494. The SMILES string of the molecule is C=CCCC1([Si](C)(C)C)c2ccccc2-c2ccccc21. The highest BCUT2D eigenvalue weighted by molar-refractivity contribution is 6.80. The Morgan fingerprint density at radius 3 is 1.81 bits per heavy atom. The van der Waals surface area contributed by atoms with Crippen molar-refractivity contribution in [2.45, 2.75) is 37.5 Å². The van der Waals surface area contributed by atoms with Crippen LogP contribution in [0.15, 0.2) is 61.2 Å². The summed E-state index contributed by atoms with van der Waals surface area (Å²) >= 11 is 0. The Hall–Kier alpha value is -1.60. The first-order valence-corrected chi connectivity index (χ1v) is 11.3. The monoisotopic (exact) mass is 292 g/mol. The number of allylic oxidation sites excluding steroid dienone is 1. The molecule has 1 heteroatoms. The summed E-state index contributed by atoms with van der Waals surface area (Å²) in [5.41, 5.74) is 5.98. The van der Waals surface area contributed by atoms with Gasteiger partial charge in [-0.1, -0.05) is 74.2 Å². The molecule has 0 aliphatic heterocycles. The van der Waals surface area contributed by atoms with Crippen LogP contribution in [0.2, 0.25) is 19.6 Å². The number of fused-ring (bicyclic) bond motifs is 3. The zero-order valence-electron chi connectivity index (χ0n) is 13.3. The summed E-state index contributed by atoms with van der Waals surface area (Å²) in [7, 11) is -1.46. The predicted molar refractivity (Wildman–Crippen MR) is 95.4 cm³/mol. The summed E-state index contributed by atoms with van der Waals surface area (Å²) < 4.78 is 0. The van der Waals surface area contributed by atoms with Crippen LogP contribution in [0.25, 0.3) is 11.1 Å². The molecule has 108 valence electrons. The van der Waals surface area contributed by atoms with E-state index < -0.39 is 8.07 Å². The molecular formula is C20H24Si. The van der Waals surface area contributed by atoms with E-state index in [0.29, 0.717) is 0 Å². The van der Waals surface area contributed by atoms with Gasteiger partial charge in [-0.05, 0) is 35.1 Å². The van der Waals surface area contributed by atoms with Crippen molar-refractivity contribution in [1.29, 1.82) is 0 Å². The fraction of sp³-hybridized carbons (Fsp3) is 0.300. The lowest BCUT2D eigenvalue weighted by Gasteiger charge is -2.43. The Morgan fingerprint density at radius 2 is 1.38 bits per heavy atom. The average Bonchev–Trinajstić information content (AvgIpc) is 2.76. The zero-order valence-corrected chi connectivity index (χ0v) is 14.3. The van der Waals surface area contributed by atoms with Crippen molar-refractivity contribution >= 4 is 8.07 Å². The number of hydrogen-bond acceptors (Lipinski definition) is 0. The third-order valence-corrected chi connectivity index (χ3v) is 8.42. The Balaban J connectivity index is 2.35. The molecule has 2 aromatic rings. The smallest absolute Gasteiger partial charge is 0.0613 e. The molecule has 0 saturated carbocycles. The normalized spacial score (nSPS) is 15.4. The average molecular weight is 292 g/mol. The molecule has 0 saturated heterocycles. The summed E-state index contributed by atoms with van der Waals surface area (Å²) in [6.07, 6.45) is 4.33. The number of rotatable bonds is 4. The molecular weight excluding hydrogens is 268 g/mol. The molecule has 0 N–H and O–H groups in total. The Kier molecular flexibility index (Phi) is 3.41. The number of hydrogen-bond donors (Lipinski definition) is 0. The molecule has 2 aromatic carbocycles. The van der Waals surface area contributed by atoms with Gasteiger partial charge in [-0.15, -0.1) is 6.58 Å². The molecule has 0 aromatic heterocycles. The maximum absolute atomic E-state index is 3.96. The molecule has 0 amide bonds. The van der Waals surface area contributed by atoms with Crippen LogP contribution in [0.4, 0.5) is 0 Å². The van der Waals surface area contributed by atoms with Gasteiger partial charge in [-0.2, -0.15) is 0 Å². The summed E-state index contributed by atoms with van der Waals surface area (Å²) in [6, 6.07) is 18.1. The van der Waals surface area contributed by atoms with E-state index in [9.17, 15) is 0 Å². The van der Waals surface area contributed by atoms with Gasteiger partial charge in [0.25, 0.3) is 0 Å². The molecule has 1 aliphatic rings. The van der Waals surface area contributed by atoms with E-state index in [1.807, 2.05) is 0 Å². The lowest BCUT2D eigenvalue weighted by Crippen LogP contribution is -2.49. The predicted octanol–water partition coefficient (Wildman–Crippen LogP) is 5.80. The standard InChI is InChI=1S/C20H24Si/c1-5-6-15-20(21(2,3)4)18-13-9-7-11-16(18)17-12-8-10-14-19(17)20/h5,7-14H,1,6,15H2,2-4H3. The first kappa shape index (κ1) is 14.3. The topological polar surface area (TPSA) is 0 Å². The molecule has 0 unspecified atom stereocenters. The second-order valence-corrected chi connectivity index (χ2v) is 12.4. The van der Waals surface area contributed by atoms with Gasteiger partial charge in [0.2, 0.25) is 0 Å². The highest BCUT2D eigenvalue weighted by Crippen LogP contribution is 2.55. The van der Waals surface area contributed by atoms with Crippen LogP contribution in [-0.4, -0.2) is 8.07 Å². The Labute approximate surface area is 129 Å². The Morgan fingerprint density at radius 1 is 0.905 bits per heavy atom. The molecule has 0 heterocycles. The fourth-order valence-electron chi connectivity index (χ4n) is 4.10. The van der Waals surface area contributed by atoms with Gasteiger partial charge in [-0.25, -0.2) is 0 Å². The van der Waals surface area contributed by atoms with E-state index in [-0.39, 0.29) is 5.04 Å².